The van der Waals surface area contributed by atoms with Gasteiger partial charge in [-0.1, -0.05) is 36.9 Å². The highest BCUT2D eigenvalue weighted by Crippen LogP contribution is 2.24. The van der Waals surface area contributed by atoms with Crippen molar-refractivity contribution in [3.05, 3.63) is 59.6 Å². The molecule has 2 aromatic rings. The highest BCUT2D eigenvalue weighted by atomic mass is 19.3. The molecule has 0 bridgehead atoms. The summed E-state index contributed by atoms with van der Waals surface area (Å²) in [6, 6.07) is 8.07. The van der Waals surface area contributed by atoms with Crippen LogP contribution in [0, 0.1) is 6.57 Å². The number of halogens is 3. The lowest BCUT2D eigenvalue weighted by molar-refractivity contribution is -0.133. The van der Waals surface area contributed by atoms with Crippen molar-refractivity contribution in [1.82, 2.24) is 10.3 Å². The Hall–Kier alpha value is -2.92. The fourth-order valence-corrected chi connectivity index (χ4v) is 2.18. The van der Waals surface area contributed by atoms with E-state index in [2.05, 4.69) is 9.83 Å². The molecule has 0 fully saturated rings. The molecule has 0 aliphatic heterocycles. The number of nitrogens with one attached hydrogen (secondary N) is 1. The van der Waals surface area contributed by atoms with Crippen LogP contribution in [0.4, 0.5) is 19.0 Å². The summed E-state index contributed by atoms with van der Waals surface area (Å²) in [5.41, 5.74) is 1.75. The van der Waals surface area contributed by atoms with Gasteiger partial charge in [0.25, 0.3) is 11.7 Å². The number of hydrogen-bond donors (Lipinski definition) is 2. The Labute approximate surface area is 142 Å². The summed E-state index contributed by atoms with van der Waals surface area (Å²) in [5, 5.41) is 11.9. The second-order valence-corrected chi connectivity index (χ2v) is 5.15. The van der Waals surface area contributed by atoms with Crippen molar-refractivity contribution in [2.24, 2.45) is 0 Å². The predicted octanol–water partition coefficient (Wildman–Crippen LogP) is 3.05. The number of aliphatic hydroxyl groups excluding tert-OH is 1. The number of pyridine rings is 1. The molecular weight excluding hydrogens is 335 g/mol. The van der Waals surface area contributed by atoms with Gasteiger partial charge >= 0.3 is 6.43 Å². The Kier molecular flexibility index (Phi) is 6.08. The maximum Gasteiger partial charge on any atom is 0.315 e. The molecule has 8 heteroatoms. The van der Waals surface area contributed by atoms with E-state index in [4.69, 9.17) is 6.57 Å². The number of benzene rings is 1. The molecule has 2 N–H and O–H groups in total. The molecule has 0 aliphatic rings. The summed E-state index contributed by atoms with van der Waals surface area (Å²) in [5.74, 6) is -1.37. The largest absolute Gasteiger partial charge is 0.386 e. The number of amides is 1. The Bertz CT molecular complexity index is 758. The summed E-state index contributed by atoms with van der Waals surface area (Å²) in [6.07, 6.45) is -3.23. The molecule has 0 spiro atoms. The average molecular weight is 349 g/mol. The lowest BCUT2D eigenvalue weighted by Crippen LogP contribution is -2.43. The molecule has 5 nitrogen and oxygen atoms in total. The second kappa shape index (κ2) is 8.26. The average Bonchev–Trinajstić information content (AvgIpc) is 2.65. The zero-order valence-electron chi connectivity index (χ0n) is 12.9. The molecule has 1 aromatic heterocycles. The first kappa shape index (κ1) is 18.4. The van der Waals surface area contributed by atoms with Gasteiger partial charge in [-0.25, -0.2) is 4.39 Å². The summed E-state index contributed by atoms with van der Waals surface area (Å²) in [6.45, 7) is 5.66. The standard InChI is InChI=1S/C17H14F3N3O2/c1-21-14-7-6-12(9-22-14)10-2-4-11(5-3-10)15(24)13(8-18)23-17(25)16(19)20/h2-7,9,13,15-16,24H,8H2,(H,23,25). The van der Waals surface area contributed by atoms with Crippen molar-refractivity contribution >= 4 is 11.7 Å². The van der Waals surface area contributed by atoms with E-state index in [1.165, 1.54) is 18.3 Å². The highest BCUT2D eigenvalue weighted by molar-refractivity contribution is 5.79. The van der Waals surface area contributed by atoms with E-state index in [0.717, 1.165) is 11.1 Å². The van der Waals surface area contributed by atoms with Crippen molar-refractivity contribution in [1.29, 1.82) is 0 Å². The van der Waals surface area contributed by atoms with Crippen molar-refractivity contribution < 1.29 is 23.1 Å². The number of rotatable bonds is 6. The number of nitrogens with zero attached hydrogens (tertiary/aromatic N) is 2. The predicted molar refractivity (Wildman–Crippen MR) is 84.8 cm³/mol. The van der Waals surface area contributed by atoms with Crippen LogP contribution in [0.15, 0.2) is 42.6 Å². The molecule has 0 aliphatic carbocycles. The minimum absolute atomic E-state index is 0.261. The number of alkyl halides is 3. The molecule has 2 atom stereocenters. The first-order valence-corrected chi connectivity index (χ1v) is 7.22. The van der Waals surface area contributed by atoms with Crippen molar-refractivity contribution in [2.75, 3.05) is 6.67 Å². The van der Waals surface area contributed by atoms with Gasteiger partial charge in [-0.05, 0) is 17.2 Å². The van der Waals surface area contributed by atoms with E-state index in [0.29, 0.717) is 0 Å². The van der Waals surface area contributed by atoms with Crippen LogP contribution in [0.25, 0.3) is 16.0 Å². The lowest BCUT2D eigenvalue weighted by Gasteiger charge is -2.21. The summed E-state index contributed by atoms with van der Waals surface area (Å²) >= 11 is 0. The summed E-state index contributed by atoms with van der Waals surface area (Å²) in [7, 11) is 0. The van der Waals surface area contributed by atoms with E-state index >= 15 is 0 Å². The van der Waals surface area contributed by atoms with Gasteiger partial charge in [-0.15, -0.1) is 4.98 Å². The van der Waals surface area contributed by atoms with Crippen molar-refractivity contribution in [3.8, 4) is 11.1 Å². The van der Waals surface area contributed by atoms with E-state index in [1.807, 2.05) is 0 Å². The molecule has 1 amide bonds. The first-order chi connectivity index (χ1) is 12.0. The van der Waals surface area contributed by atoms with Crippen LogP contribution in [-0.2, 0) is 4.79 Å². The number of aromatic nitrogens is 1. The smallest absolute Gasteiger partial charge is 0.315 e. The molecule has 2 unspecified atom stereocenters. The van der Waals surface area contributed by atoms with Crippen LogP contribution in [0.1, 0.15) is 11.7 Å². The Morgan fingerprint density at radius 3 is 2.32 bits per heavy atom. The van der Waals surface area contributed by atoms with Gasteiger partial charge in [0.15, 0.2) is 0 Å². The van der Waals surface area contributed by atoms with Gasteiger partial charge in [-0.3, -0.25) is 4.79 Å². The van der Waals surface area contributed by atoms with Gasteiger partial charge in [0, 0.05) is 5.56 Å². The van der Waals surface area contributed by atoms with Crippen LogP contribution in [0.5, 0.6) is 0 Å². The minimum Gasteiger partial charge on any atom is -0.386 e. The van der Waals surface area contributed by atoms with Gasteiger partial charge < -0.3 is 15.3 Å². The lowest BCUT2D eigenvalue weighted by atomic mass is 9.99. The SMILES string of the molecule is [C-]#[N+]c1ccc(-c2ccc(C(O)C(CF)NC(=O)C(F)F)cc2)cn1. The second-order valence-electron chi connectivity index (χ2n) is 5.15. The van der Waals surface area contributed by atoms with Crippen LogP contribution >= 0.6 is 0 Å². The maximum absolute atomic E-state index is 13.0. The molecule has 25 heavy (non-hydrogen) atoms. The molecule has 2 rings (SSSR count). The van der Waals surface area contributed by atoms with Gasteiger partial charge in [0.05, 0.1) is 6.04 Å². The topological polar surface area (TPSA) is 66.6 Å². The third-order valence-electron chi connectivity index (χ3n) is 3.52. The summed E-state index contributed by atoms with van der Waals surface area (Å²) in [4.78, 5) is 18.1. The van der Waals surface area contributed by atoms with Crippen molar-refractivity contribution in [2.45, 2.75) is 18.6 Å². The number of hydrogen-bond acceptors (Lipinski definition) is 3. The normalized spacial score (nSPS) is 13.1. The Morgan fingerprint density at radius 2 is 1.84 bits per heavy atom. The van der Waals surface area contributed by atoms with Crippen molar-refractivity contribution in [3.63, 3.8) is 0 Å². The zero-order valence-corrected chi connectivity index (χ0v) is 12.9. The third-order valence-corrected chi connectivity index (χ3v) is 3.52. The Balaban J connectivity index is 2.14. The highest BCUT2D eigenvalue weighted by Gasteiger charge is 2.26. The molecule has 0 saturated carbocycles. The molecular formula is C17H14F3N3O2. The first-order valence-electron chi connectivity index (χ1n) is 7.22. The van der Waals surface area contributed by atoms with E-state index < -0.39 is 31.2 Å². The Morgan fingerprint density at radius 1 is 1.20 bits per heavy atom. The molecule has 0 radical (unpaired) electrons. The quantitative estimate of drug-likeness (QED) is 0.788. The van der Waals surface area contributed by atoms with E-state index in [1.54, 1.807) is 29.6 Å². The monoisotopic (exact) mass is 349 g/mol. The van der Waals surface area contributed by atoms with Crippen LogP contribution in [0.3, 0.4) is 0 Å². The van der Waals surface area contributed by atoms with Gasteiger partial charge in [0.2, 0.25) is 0 Å². The molecule has 0 saturated heterocycles. The minimum atomic E-state index is -3.28. The van der Waals surface area contributed by atoms with Crippen LogP contribution in [-0.4, -0.2) is 35.1 Å². The molecule has 1 heterocycles. The molecule has 130 valence electrons. The molecule has 1 aromatic carbocycles. The van der Waals surface area contributed by atoms with Crippen LogP contribution in [0.2, 0.25) is 0 Å². The van der Waals surface area contributed by atoms with Gasteiger partial charge in [0.1, 0.15) is 19.0 Å². The third kappa shape index (κ3) is 4.55. The fraction of sp³-hybridized carbons (Fsp3) is 0.235. The van der Waals surface area contributed by atoms with Gasteiger partial charge in [-0.2, -0.15) is 8.78 Å². The van der Waals surface area contributed by atoms with E-state index in [-0.39, 0.29) is 11.4 Å². The number of aliphatic hydroxyl groups is 1. The maximum atomic E-state index is 13.0. The van der Waals surface area contributed by atoms with Crippen LogP contribution < -0.4 is 5.32 Å². The summed E-state index contributed by atoms with van der Waals surface area (Å²) < 4.78 is 37.5. The number of carbonyl (C=O) groups excluding carboxylic acids is 1. The fourth-order valence-electron chi connectivity index (χ4n) is 2.18. The van der Waals surface area contributed by atoms with E-state index in [9.17, 15) is 23.1 Å². The zero-order chi connectivity index (χ0) is 18.4. The number of carbonyl (C=O) groups is 1.